The first-order chi connectivity index (χ1) is 8.36. The van der Waals surface area contributed by atoms with Crippen LogP contribution >= 0.6 is 0 Å². The largest absolute Gasteiger partial charge is 0.361 e. The first-order valence-corrected chi connectivity index (χ1v) is 6.38. The number of aromatic nitrogens is 1. The van der Waals surface area contributed by atoms with Gasteiger partial charge in [0, 0.05) is 23.1 Å². The molecule has 1 aliphatic rings. The highest BCUT2D eigenvalue weighted by molar-refractivity contribution is 5.83. The van der Waals surface area contributed by atoms with E-state index in [1.54, 1.807) is 0 Å². The predicted molar refractivity (Wildman–Crippen MR) is 70.8 cm³/mol. The highest BCUT2D eigenvalue weighted by Crippen LogP contribution is 2.31. The number of nitrogens with two attached hydrogens (primary N) is 1. The van der Waals surface area contributed by atoms with Crippen LogP contribution in [0.15, 0.2) is 30.5 Å². The molecule has 1 unspecified atom stereocenters. The van der Waals surface area contributed by atoms with Gasteiger partial charge >= 0.3 is 0 Å². The van der Waals surface area contributed by atoms with Crippen molar-refractivity contribution in [3.63, 3.8) is 0 Å². The van der Waals surface area contributed by atoms with E-state index in [1.165, 1.54) is 29.3 Å². The quantitative estimate of drug-likeness (QED) is 0.739. The number of H-pyrrole nitrogens is 1. The van der Waals surface area contributed by atoms with Gasteiger partial charge in [-0.05, 0) is 43.5 Å². The summed E-state index contributed by atoms with van der Waals surface area (Å²) in [7, 11) is 0. The Kier molecular flexibility index (Phi) is 2.87. The van der Waals surface area contributed by atoms with Crippen molar-refractivity contribution in [3.8, 4) is 0 Å². The van der Waals surface area contributed by atoms with Crippen molar-refractivity contribution in [1.82, 2.24) is 10.3 Å². The molecule has 2 heterocycles. The molecule has 1 atom stereocenters. The summed E-state index contributed by atoms with van der Waals surface area (Å²) in [4.78, 5) is 3.31. The van der Waals surface area contributed by atoms with Gasteiger partial charge in [-0.1, -0.05) is 18.2 Å². The second-order valence-corrected chi connectivity index (χ2v) is 4.90. The van der Waals surface area contributed by atoms with Gasteiger partial charge in [-0.3, -0.25) is 0 Å². The van der Waals surface area contributed by atoms with Gasteiger partial charge in [0.2, 0.25) is 0 Å². The molecule has 1 aromatic heterocycles. The first kappa shape index (κ1) is 10.8. The molecule has 4 N–H and O–H groups in total. The van der Waals surface area contributed by atoms with Gasteiger partial charge < -0.3 is 16.0 Å². The molecule has 3 rings (SSSR count). The number of hydrogen-bond acceptors (Lipinski definition) is 2. The minimum atomic E-state index is 0.160. The standard InChI is InChI=1S/C14H19N3/c15-14(10-5-7-16-8-6-10)12-9-17-13-4-2-1-3-11(12)13/h1-4,9-10,14,16-17H,5-8,15H2. The molecule has 1 aromatic carbocycles. The number of hydrogen-bond donors (Lipinski definition) is 3. The lowest BCUT2D eigenvalue weighted by molar-refractivity contribution is 0.323. The third kappa shape index (κ3) is 1.96. The number of rotatable bonds is 2. The Bertz CT molecular complexity index is 497. The van der Waals surface area contributed by atoms with E-state index in [0.29, 0.717) is 5.92 Å². The molecule has 2 aromatic rings. The van der Waals surface area contributed by atoms with E-state index >= 15 is 0 Å². The van der Waals surface area contributed by atoms with E-state index in [4.69, 9.17) is 5.73 Å². The lowest BCUT2D eigenvalue weighted by Gasteiger charge is -2.28. The van der Waals surface area contributed by atoms with Gasteiger partial charge in [-0.25, -0.2) is 0 Å². The predicted octanol–water partition coefficient (Wildman–Crippen LogP) is 2.17. The van der Waals surface area contributed by atoms with E-state index in [0.717, 1.165) is 13.1 Å². The van der Waals surface area contributed by atoms with Gasteiger partial charge in [0.1, 0.15) is 0 Å². The number of fused-ring (bicyclic) bond motifs is 1. The number of aromatic amines is 1. The second kappa shape index (κ2) is 4.51. The maximum atomic E-state index is 6.43. The molecule has 0 saturated carbocycles. The van der Waals surface area contributed by atoms with Crippen LogP contribution in [0.1, 0.15) is 24.4 Å². The fourth-order valence-electron chi connectivity index (χ4n) is 2.83. The Morgan fingerprint density at radius 1 is 1.18 bits per heavy atom. The fraction of sp³-hybridized carbons (Fsp3) is 0.429. The lowest BCUT2D eigenvalue weighted by Crippen LogP contribution is -2.33. The average Bonchev–Trinajstić information content (AvgIpc) is 2.83. The number of nitrogens with one attached hydrogen (secondary N) is 2. The molecule has 17 heavy (non-hydrogen) atoms. The minimum absolute atomic E-state index is 0.160. The molecule has 1 saturated heterocycles. The van der Waals surface area contributed by atoms with E-state index in [2.05, 4.69) is 40.8 Å². The van der Waals surface area contributed by atoms with Crippen molar-refractivity contribution in [3.05, 3.63) is 36.0 Å². The van der Waals surface area contributed by atoms with Crippen molar-refractivity contribution < 1.29 is 0 Å². The second-order valence-electron chi connectivity index (χ2n) is 4.90. The summed E-state index contributed by atoms with van der Waals surface area (Å²) in [6.07, 6.45) is 4.44. The van der Waals surface area contributed by atoms with Crippen LogP contribution in [0, 0.1) is 5.92 Å². The van der Waals surface area contributed by atoms with Crippen molar-refractivity contribution in [2.24, 2.45) is 11.7 Å². The Morgan fingerprint density at radius 2 is 1.94 bits per heavy atom. The molecule has 0 aliphatic carbocycles. The minimum Gasteiger partial charge on any atom is -0.361 e. The molecule has 90 valence electrons. The zero-order valence-electron chi connectivity index (χ0n) is 9.95. The van der Waals surface area contributed by atoms with E-state index in [1.807, 2.05) is 0 Å². The highest BCUT2D eigenvalue weighted by atomic mass is 14.9. The fourth-order valence-corrected chi connectivity index (χ4v) is 2.83. The van der Waals surface area contributed by atoms with E-state index in [9.17, 15) is 0 Å². The Hall–Kier alpha value is -1.32. The third-order valence-corrected chi connectivity index (χ3v) is 3.87. The zero-order valence-corrected chi connectivity index (χ0v) is 9.95. The zero-order chi connectivity index (χ0) is 11.7. The van der Waals surface area contributed by atoms with Crippen LogP contribution in [-0.2, 0) is 0 Å². The molecular weight excluding hydrogens is 210 g/mol. The molecule has 1 aliphatic heterocycles. The first-order valence-electron chi connectivity index (χ1n) is 6.38. The lowest BCUT2D eigenvalue weighted by atomic mass is 9.86. The SMILES string of the molecule is NC(c1c[nH]c2ccccc12)C1CCNCC1. The van der Waals surface area contributed by atoms with E-state index < -0.39 is 0 Å². The Morgan fingerprint density at radius 3 is 2.76 bits per heavy atom. The molecule has 3 heteroatoms. The molecule has 0 spiro atoms. The maximum Gasteiger partial charge on any atom is 0.0457 e. The normalized spacial score (nSPS) is 19.6. The van der Waals surface area contributed by atoms with Crippen molar-refractivity contribution in [1.29, 1.82) is 0 Å². The molecular formula is C14H19N3. The summed E-state index contributed by atoms with van der Waals surface area (Å²) in [5.74, 6) is 0.607. The molecule has 1 fully saturated rings. The maximum absolute atomic E-state index is 6.43. The summed E-state index contributed by atoms with van der Waals surface area (Å²) in [6.45, 7) is 2.20. The van der Waals surface area contributed by atoms with Gasteiger partial charge in [-0.15, -0.1) is 0 Å². The van der Waals surface area contributed by atoms with Crippen LogP contribution < -0.4 is 11.1 Å². The monoisotopic (exact) mass is 229 g/mol. The van der Waals surface area contributed by atoms with Gasteiger partial charge in [-0.2, -0.15) is 0 Å². The summed E-state index contributed by atoms with van der Waals surface area (Å²) < 4.78 is 0. The smallest absolute Gasteiger partial charge is 0.0457 e. The van der Waals surface area contributed by atoms with Crippen molar-refractivity contribution >= 4 is 10.9 Å². The van der Waals surface area contributed by atoms with E-state index in [-0.39, 0.29) is 6.04 Å². The van der Waals surface area contributed by atoms with Crippen LogP contribution in [-0.4, -0.2) is 18.1 Å². The molecule has 0 bridgehead atoms. The Balaban J connectivity index is 1.92. The number of benzene rings is 1. The summed E-state index contributed by atoms with van der Waals surface area (Å²) in [5, 5.41) is 4.67. The van der Waals surface area contributed by atoms with Crippen LogP contribution in [0.25, 0.3) is 10.9 Å². The van der Waals surface area contributed by atoms with Crippen LogP contribution in [0.4, 0.5) is 0 Å². The van der Waals surface area contributed by atoms with Gasteiger partial charge in [0.05, 0.1) is 0 Å². The van der Waals surface area contributed by atoms with Crippen LogP contribution in [0.5, 0.6) is 0 Å². The summed E-state index contributed by atoms with van der Waals surface area (Å²) in [5.41, 5.74) is 8.89. The van der Waals surface area contributed by atoms with Crippen LogP contribution in [0.2, 0.25) is 0 Å². The third-order valence-electron chi connectivity index (χ3n) is 3.87. The highest BCUT2D eigenvalue weighted by Gasteiger charge is 2.23. The number of piperidine rings is 1. The molecule has 0 radical (unpaired) electrons. The summed E-state index contributed by atoms with van der Waals surface area (Å²) >= 11 is 0. The van der Waals surface area contributed by atoms with Gasteiger partial charge in [0.15, 0.2) is 0 Å². The van der Waals surface area contributed by atoms with Gasteiger partial charge in [0.25, 0.3) is 0 Å². The van der Waals surface area contributed by atoms with Crippen LogP contribution in [0.3, 0.4) is 0 Å². The summed E-state index contributed by atoms with van der Waals surface area (Å²) in [6, 6.07) is 8.55. The van der Waals surface area contributed by atoms with Crippen molar-refractivity contribution in [2.45, 2.75) is 18.9 Å². The number of para-hydroxylation sites is 1. The molecule has 3 nitrogen and oxygen atoms in total. The molecule has 0 amide bonds. The average molecular weight is 229 g/mol. The topological polar surface area (TPSA) is 53.8 Å². The Labute approximate surface area is 101 Å². The van der Waals surface area contributed by atoms with Crippen molar-refractivity contribution in [2.75, 3.05) is 13.1 Å².